The average molecular weight is 572 g/mol. The van der Waals surface area contributed by atoms with Crippen molar-refractivity contribution in [2.24, 2.45) is 0 Å². The number of hydrogen-bond acceptors (Lipinski definition) is 8. The molecule has 8 N–H and O–H groups in total. The number of amides is 1. The minimum absolute atomic E-state index is 0. The van der Waals surface area contributed by atoms with E-state index in [0.717, 1.165) is 24.8 Å². The second-order valence-corrected chi connectivity index (χ2v) is 13.2. The van der Waals surface area contributed by atoms with Crippen molar-refractivity contribution in [1.29, 1.82) is 0 Å². The molecule has 0 bridgehead atoms. The predicted octanol–water partition coefficient (Wildman–Crippen LogP) is 4.89. The SMILES string of the molecule is CCCC[C@]1(CC)CS(O)(O)c2cc(CNC(=O)CCS(=O)(=O)O)c(OC)cc2[C@@H](c2ccccc2)N1.N. The highest BCUT2D eigenvalue weighted by atomic mass is 32.3. The lowest BCUT2D eigenvalue weighted by Gasteiger charge is -2.42. The molecular weight excluding hydrogens is 530 g/mol. The lowest BCUT2D eigenvalue weighted by molar-refractivity contribution is -0.120. The van der Waals surface area contributed by atoms with Crippen LogP contribution < -0.4 is 21.5 Å². The fraction of sp³-hybridized carbons (Fsp3) is 0.500. The summed E-state index contributed by atoms with van der Waals surface area (Å²) in [5.74, 6) is -0.611. The molecule has 1 heterocycles. The molecule has 0 unspecified atom stereocenters. The maximum absolute atomic E-state index is 12.2. The van der Waals surface area contributed by atoms with Gasteiger partial charge in [-0.05, 0) is 30.5 Å². The summed E-state index contributed by atoms with van der Waals surface area (Å²) < 4.78 is 59.6. The number of carbonyl (C=O) groups excluding carboxylic acids is 1. The number of benzene rings is 2. The number of unbranched alkanes of at least 4 members (excludes halogenated alkanes) is 1. The first kappa shape index (κ1) is 32.0. The van der Waals surface area contributed by atoms with Crippen molar-refractivity contribution in [3.8, 4) is 5.75 Å². The highest BCUT2D eigenvalue weighted by molar-refractivity contribution is 8.24. The monoisotopic (exact) mass is 571 g/mol. The van der Waals surface area contributed by atoms with E-state index in [0.29, 0.717) is 28.2 Å². The van der Waals surface area contributed by atoms with Crippen LogP contribution in [0.5, 0.6) is 5.75 Å². The maximum Gasteiger partial charge on any atom is 0.265 e. The van der Waals surface area contributed by atoms with Gasteiger partial charge in [0.25, 0.3) is 10.1 Å². The van der Waals surface area contributed by atoms with Gasteiger partial charge in [0.1, 0.15) is 5.75 Å². The average Bonchev–Trinajstić information content (AvgIpc) is 2.96. The van der Waals surface area contributed by atoms with Gasteiger partial charge in [-0.1, -0.05) is 57.0 Å². The molecule has 0 fully saturated rings. The van der Waals surface area contributed by atoms with Gasteiger partial charge in [-0.3, -0.25) is 23.8 Å². The van der Waals surface area contributed by atoms with Crippen LogP contribution in [0.3, 0.4) is 0 Å². The molecule has 0 aliphatic carbocycles. The minimum Gasteiger partial charge on any atom is -0.496 e. The van der Waals surface area contributed by atoms with Gasteiger partial charge in [0.2, 0.25) is 5.91 Å². The summed E-state index contributed by atoms with van der Waals surface area (Å²) >= 11 is 0. The third-order valence-electron chi connectivity index (χ3n) is 6.89. The van der Waals surface area contributed by atoms with Crippen molar-refractivity contribution in [3.05, 3.63) is 59.2 Å². The van der Waals surface area contributed by atoms with Crippen LogP contribution in [-0.4, -0.2) is 52.1 Å². The Bertz CT molecular complexity index is 1190. The highest BCUT2D eigenvalue weighted by Gasteiger charge is 2.42. The summed E-state index contributed by atoms with van der Waals surface area (Å²) in [5, 5.41) is 6.42. The first-order valence-corrected chi connectivity index (χ1v) is 15.8. The normalized spacial score (nSPS) is 21.4. The smallest absolute Gasteiger partial charge is 0.265 e. The van der Waals surface area contributed by atoms with Crippen molar-refractivity contribution in [2.75, 3.05) is 18.6 Å². The zero-order valence-electron chi connectivity index (χ0n) is 22.3. The molecule has 214 valence electrons. The van der Waals surface area contributed by atoms with E-state index < -0.39 is 44.3 Å². The van der Waals surface area contributed by atoms with Gasteiger partial charge in [-0.15, -0.1) is 0 Å². The van der Waals surface area contributed by atoms with E-state index >= 15 is 0 Å². The number of rotatable bonds is 11. The molecule has 2 aromatic rings. The third kappa shape index (κ3) is 7.92. The van der Waals surface area contributed by atoms with Crippen molar-refractivity contribution in [3.63, 3.8) is 0 Å². The van der Waals surface area contributed by atoms with Gasteiger partial charge in [0.05, 0.1) is 29.6 Å². The van der Waals surface area contributed by atoms with E-state index in [-0.39, 0.29) is 24.5 Å². The second kappa shape index (κ2) is 13.2. The summed E-state index contributed by atoms with van der Waals surface area (Å²) in [6.07, 6.45) is 3.05. The lowest BCUT2D eigenvalue weighted by atomic mass is 9.88. The molecule has 1 amide bonds. The second-order valence-electron chi connectivity index (χ2n) is 9.55. The molecule has 1 aliphatic heterocycles. The van der Waals surface area contributed by atoms with Gasteiger partial charge in [-0.2, -0.15) is 19.0 Å². The number of methoxy groups -OCH3 is 1. The molecule has 2 atom stereocenters. The van der Waals surface area contributed by atoms with Crippen LogP contribution in [0.2, 0.25) is 0 Å². The molecule has 0 radical (unpaired) electrons. The molecule has 0 spiro atoms. The van der Waals surface area contributed by atoms with Crippen molar-refractivity contribution in [1.82, 2.24) is 16.8 Å². The van der Waals surface area contributed by atoms with Crippen molar-refractivity contribution in [2.45, 2.75) is 69.0 Å². The first-order chi connectivity index (χ1) is 17.4. The molecule has 38 heavy (non-hydrogen) atoms. The first-order valence-electron chi connectivity index (χ1n) is 12.4. The lowest BCUT2D eigenvalue weighted by Crippen LogP contribution is -2.49. The van der Waals surface area contributed by atoms with Crippen LogP contribution in [0, 0.1) is 0 Å². The van der Waals surface area contributed by atoms with E-state index in [1.165, 1.54) is 7.11 Å². The van der Waals surface area contributed by atoms with E-state index in [4.69, 9.17) is 9.29 Å². The van der Waals surface area contributed by atoms with Crippen LogP contribution in [0.1, 0.15) is 68.7 Å². The third-order valence-corrected chi connectivity index (χ3v) is 9.62. The summed E-state index contributed by atoms with van der Waals surface area (Å²) in [6, 6.07) is 13.0. The van der Waals surface area contributed by atoms with Gasteiger partial charge in [-0.25, -0.2) is 0 Å². The zero-order valence-corrected chi connectivity index (χ0v) is 23.9. The topological polar surface area (TPSA) is 180 Å². The summed E-state index contributed by atoms with van der Waals surface area (Å²) in [6.45, 7) is 4.17. The predicted molar refractivity (Wildman–Crippen MR) is 151 cm³/mol. The minimum atomic E-state index is -4.25. The van der Waals surface area contributed by atoms with Crippen LogP contribution >= 0.6 is 10.6 Å². The Morgan fingerprint density at radius 3 is 2.47 bits per heavy atom. The number of ether oxygens (including phenoxy) is 1. The van der Waals surface area contributed by atoms with Crippen LogP contribution in [0.4, 0.5) is 0 Å². The Balaban J connectivity index is 0.00000507. The zero-order chi connectivity index (χ0) is 27.3. The van der Waals surface area contributed by atoms with E-state index in [1.54, 1.807) is 12.1 Å². The molecule has 0 saturated carbocycles. The molecule has 3 rings (SSSR count). The van der Waals surface area contributed by atoms with Gasteiger partial charge < -0.3 is 16.2 Å². The van der Waals surface area contributed by atoms with Gasteiger partial charge >= 0.3 is 0 Å². The summed E-state index contributed by atoms with van der Waals surface area (Å²) in [4.78, 5) is 12.6. The molecule has 12 heteroatoms. The number of carbonyl (C=O) groups is 1. The van der Waals surface area contributed by atoms with E-state index in [2.05, 4.69) is 24.5 Å². The van der Waals surface area contributed by atoms with Crippen molar-refractivity contribution >= 4 is 26.6 Å². The van der Waals surface area contributed by atoms with Gasteiger partial charge in [0.15, 0.2) is 0 Å². The Morgan fingerprint density at radius 1 is 1.21 bits per heavy atom. The van der Waals surface area contributed by atoms with Crippen LogP contribution in [-0.2, 0) is 21.5 Å². The summed E-state index contributed by atoms with van der Waals surface area (Å²) in [7, 11) is -5.98. The van der Waals surface area contributed by atoms with Crippen LogP contribution in [0.15, 0.2) is 47.4 Å². The summed E-state index contributed by atoms with van der Waals surface area (Å²) in [5.41, 5.74) is 1.73. The Hall–Kier alpha value is -2.19. The highest BCUT2D eigenvalue weighted by Crippen LogP contribution is 2.58. The van der Waals surface area contributed by atoms with Crippen molar-refractivity contribution < 1.29 is 31.6 Å². The fourth-order valence-corrected chi connectivity index (χ4v) is 7.48. The van der Waals surface area contributed by atoms with E-state index in [1.807, 2.05) is 30.3 Å². The fourth-order valence-electron chi connectivity index (χ4n) is 4.80. The van der Waals surface area contributed by atoms with E-state index in [9.17, 15) is 22.3 Å². The molecule has 0 saturated heterocycles. The largest absolute Gasteiger partial charge is 0.496 e. The van der Waals surface area contributed by atoms with Gasteiger partial charge in [0, 0.05) is 29.6 Å². The quantitative estimate of drug-likeness (QED) is 0.205. The Labute approximate surface area is 227 Å². The number of fused-ring (bicyclic) bond motifs is 1. The molecule has 0 aromatic heterocycles. The number of nitrogens with one attached hydrogen (secondary N) is 2. The molecule has 10 nitrogen and oxygen atoms in total. The standard InChI is InChI=1S/C26H38N2O7S2.H3N/c1-4-6-13-26(5-2)18-36(30,31)23-15-20(17-27-24(29)12-14-37(32,33)34)22(35-3)16-21(23)25(28-26)19-10-8-7-9-11-19;/h7-11,15-16,25,28,30-31H,4-6,12-14,17-18H2,1-3H3,(H,27,29)(H,32,33,34);1H3/t25-,26-;/m1./s1. The molecule has 2 aromatic carbocycles. The Morgan fingerprint density at radius 2 is 1.89 bits per heavy atom. The molecular formula is C26H41N3O7S2. The number of hydrogen-bond donors (Lipinski definition) is 6. The maximum atomic E-state index is 12.2. The molecule has 1 aliphatic rings. The van der Waals surface area contributed by atoms with Crippen LogP contribution in [0.25, 0.3) is 0 Å². The Kier molecular flexibility index (Phi) is 11.2.